The molecule has 0 spiro atoms. The van der Waals surface area contributed by atoms with Crippen LogP contribution in [0.2, 0.25) is 0 Å². The molecule has 0 radical (unpaired) electrons. The third kappa shape index (κ3) is 0.962. The SMILES string of the molecule is C#Cc1ncccc1C#N. The van der Waals surface area contributed by atoms with Crippen LogP contribution in [0, 0.1) is 23.7 Å². The molecule has 2 nitrogen and oxygen atoms in total. The van der Waals surface area contributed by atoms with Gasteiger partial charge in [-0.2, -0.15) is 5.26 Å². The van der Waals surface area contributed by atoms with E-state index in [1.807, 2.05) is 6.07 Å². The third-order valence-electron chi connectivity index (χ3n) is 1.06. The molecular formula is C8H4N2. The fourth-order valence-corrected chi connectivity index (χ4v) is 0.611. The summed E-state index contributed by atoms with van der Waals surface area (Å²) in [5.41, 5.74) is 0.856. The van der Waals surface area contributed by atoms with Crippen LogP contribution in [0.15, 0.2) is 18.3 Å². The Balaban J connectivity index is 3.28. The molecule has 1 heterocycles. The highest BCUT2D eigenvalue weighted by molar-refractivity contribution is 5.41. The monoisotopic (exact) mass is 128 g/mol. The summed E-state index contributed by atoms with van der Waals surface area (Å²) in [5.74, 6) is 2.31. The molecule has 2 heteroatoms. The zero-order valence-electron chi connectivity index (χ0n) is 5.20. The Hall–Kier alpha value is -1.80. The minimum absolute atomic E-state index is 0.407. The van der Waals surface area contributed by atoms with Crippen molar-refractivity contribution in [3.05, 3.63) is 29.6 Å². The summed E-state index contributed by atoms with van der Waals surface area (Å²) in [6, 6.07) is 5.26. The van der Waals surface area contributed by atoms with E-state index in [2.05, 4.69) is 10.9 Å². The van der Waals surface area contributed by atoms with Crippen LogP contribution in [-0.4, -0.2) is 4.98 Å². The number of terminal acetylenes is 1. The lowest BCUT2D eigenvalue weighted by Crippen LogP contribution is -1.85. The number of hydrogen-bond donors (Lipinski definition) is 0. The molecule has 0 aromatic carbocycles. The molecule has 0 bridgehead atoms. The molecule has 0 saturated carbocycles. The van der Waals surface area contributed by atoms with Crippen molar-refractivity contribution >= 4 is 0 Å². The van der Waals surface area contributed by atoms with Gasteiger partial charge in [0.1, 0.15) is 11.8 Å². The summed E-state index contributed by atoms with van der Waals surface area (Å²) < 4.78 is 0. The second-order valence-corrected chi connectivity index (χ2v) is 1.66. The van der Waals surface area contributed by atoms with Crippen molar-refractivity contribution in [3.8, 4) is 18.4 Å². The average molecular weight is 128 g/mol. The van der Waals surface area contributed by atoms with Gasteiger partial charge in [0.25, 0.3) is 0 Å². The quantitative estimate of drug-likeness (QED) is 0.487. The summed E-state index contributed by atoms with van der Waals surface area (Å²) in [7, 11) is 0. The van der Waals surface area contributed by atoms with E-state index < -0.39 is 0 Å². The van der Waals surface area contributed by atoms with E-state index >= 15 is 0 Å². The number of aromatic nitrogens is 1. The third-order valence-corrected chi connectivity index (χ3v) is 1.06. The minimum atomic E-state index is 0.407. The molecule has 46 valence electrons. The molecule has 1 rings (SSSR count). The first kappa shape index (κ1) is 6.32. The van der Waals surface area contributed by atoms with Crippen molar-refractivity contribution < 1.29 is 0 Å². The second kappa shape index (κ2) is 2.66. The van der Waals surface area contributed by atoms with Gasteiger partial charge in [-0.3, -0.25) is 0 Å². The van der Waals surface area contributed by atoms with Gasteiger partial charge in [0.15, 0.2) is 0 Å². The molecule has 0 unspecified atom stereocenters. The largest absolute Gasteiger partial charge is 0.246 e. The minimum Gasteiger partial charge on any atom is -0.246 e. The topological polar surface area (TPSA) is 36.7 Å². The van der Waals surface area contributed by atoms with Gasteiger partial charge >= 0.3 is 0 Å². The van der Waals surface area contributed by atoms with Gasteiger partial charge in [-0.05, 0) is 18.1 Å². The highest BCUT2D eigenvalue weighted by Crippen LogP contribution is 1.99. The van der Waals surface area contributed by atoms with Crippen LogP contribution < -0.4 is 0 Å². The Morgan fingerprint density at radius 1 is 1.60 bits per heavy atom. The molecular weight excluding hydrogens is 124 g/mol. The van der Waals surface area contributed by atoms with Gasteiger partial charge in [-0.15, -0.1) is 6.42 Å². The molecule has 0 saturated heterocycles. The van der Waals surface area contributed by atoms with Crippen molar-refractivity contribution in [3.63, 3.8) is 0 Å². The van der Waals surface area contributed by atoms with E-state index in [0.717, 1.165) is 0 Å². The summed E-state index contributed by atoms with van der Waals surface area (Å²) in [4.78, 5) is 3.81. The van der Waals surface area contributed by atoms with Crippen LogP contribution in [0.3, 0.4) is 0 Å². The number of nitrogens with zero attached hydrogens (tertiary/aromatic N) is 2. The normalized spacial score (nSPS) is 7.80. The van der Waals surface area contributed by atoms with Crippen LogP contribution in [0.1, 0.15) is 11.3 Å². The molecule has 1 aromatic rings. The maximum absolute atomic E-state index is 8.46. The molecule has 0 aliphatic heterocycles. The van der Waals surface area contributed by atoms with Crippen LogP contribution in [-0.2, 0) is 0 Å². The number of hydrogen-bond acceptors (Lipinski definition) is 2. The Kier molecular flexibility index (Phi) is 1.68. The molecule has 10 heavy (non-hydrogen) atoms. The fraction of sp³-hybridized carbons (Fsp3) is 0. The average Bonchev–Trinajstić information content (AvgIpc) is 2.04. The lowest BCUT2D eigenvalue weighted by molar-refractivity contribution is 1.26. The lowest BCUT2D eigenvalue weighted by Gasteiger charge is -1.89. The molecule has 1 aromatic heterocycles. The predicted octanol–water partition coefficient (Wildman–Crippen LogP) is 0.935. The van der Waals surface area contributed by atoms with E-state index in [0.29, 0.717) is 11.3 Å². The molecule has 0 atom stereocenters. The van der Waals surface area contributed by atoms with Crippen molar-refractivity contribution in [1.29, 1.82) is 5.26 Å². The standard InChI is InChI=1S/C8H4N2/c1-2-8-7(6-9)4-3-5-10-8/h1,3-5H. The zero-order valence-corrected chi connectivity index (χ0v) is 5.20. The zero-order chi connectivity index (χ0) is 7.40. The predicted molar refractivity (Wildman–Crippen MR) is 36.9 cm³/mol. The van der Waals surface area contributed by atoms with E-state index in [4.69, 9.17) is 11.7 Å². The van der Waals surface area contributed by atoms with Gasteiger partial charge in [-0.25, -0.2) is 4.98 Å². The van der Waals surface area contributed by atoms with Gasteiger partial charge in [0.2, 0.25) is 0 Å². The van der Waals surface area contributed by atoms with Crippen LogP contribution in [0.25, 0.3) is 0 Å². The Bertz CT molecular complexity index is 282. The van der Waals surface area contributed by atoms with Gasteiger partial charge in [0.05, 0.1) is 5.56 Å². The first-order chi connectivity index (χ1) is 4.88. The summed E-state index contributed by atoms with van der Waals surface area (Å²) in [6.45, 7) is 0. The Labute approximate surface area is 59.1 Å². The second-order valence-electron chi connectivity index (χ2n) is 1.66. The first-order valence-electron chi connectivity index (χ1n) is 2.70. The maximum atomic E-state index is 8.46. The smallest absolute Gasteiger partial charge is 0.130 e. The van der Waals surface area contributed by atoms with Gasteiger partial charge < -0.3 is 0 Å². The van der Waals surface area contributed by atoms with Crippen LogP contribution in [0.5, 0.6) is 0 Å². The van der Waals surface area contributed by atoms with Crippen molar-refractivity contribution in [2.24, 2.45) is 0 Å². The van der Waals surface area contributed by atoms with Crippen LogP contribution >= 0.6 is 0 Å². The molecule has 0 aliphatic carbocycles. The molecule has 0 amide bonds. The molecule has 0 N–H and O–H groups in total. The number of nitriles is 1. The summed E-state index contributed by atoms with van der Waals surface area (Å²) in [5, 5.41) is 8.46. The van der Waals surface area contributed by atoms with Gasteiger partial charge in [-0.1, -0.05) is 0 Å². The lowest BCUT2D eigenvalue weighted by atomic mass is 10.2. The maximum Gasteiger partial charge on any atom is 0.130 e. The highest BCUT2D eigenvalue weighted by Gasteiger charge is 1.95. The Morgan fingerprint density at radius 2 is 2.40 bits per heavy atom. The van der Waals surface area contributed by atoms with E-state index in [1.165, 1.54) is 0 Å². The van der Waals surface area contributed by atoms with E-state index in [9.17, 15) is 0 Å². The summed E-state index contributed by atoms with van der Waals surface area (Å²) in [6.07, 6.45) is 6.63. The van der Waals surface area contributed by atoms with Crippen molar-refractivity contribution in [2.75, 3.05) is 0 Å². The summed E-state index contributed by atoms with van der Waals surface area (Å²) >= 11 is 0. The molecule has 0 fully saturated rings. The highest BCUT2D eigenvalue weighted by atomic mass is 14.7. The van der Waals surface area contributed by atoms with Crippen LogP contribution in [0.4, 0.5) is 0 Å². The van der Waals surface area contributed by atoms with E-state index in [1.54, 1.807) is 18.3 Å². The Morgan fingerprint density at radius 3 is 2.90 bits per heavy atom. The first-order valence-corrected chi connectivity index (χ1v) is 2.70. The number of rotatable bonds is 0. The van der Waals surface area contributed by atoms with E-state index in [-0.39, 0.29) is 0 Å². The molecule has 0 aliphatic rings. The van der Waals surface area contributed by atoms with Gasteiger partial charge in [0, 0.05) is 6.20 Å². The number of pyridine rings is 1. The van der Waals surface area contributed by atoms with Crippen molar-refractivity contribution in [1.82, 2.24) is 4.98 Å². The van der Waals surface area contributed by atoms with Crippen molar-refractivity contribution in [2.45, 2.75) is 0 Å². The fourth-order valence-electron chi connectivity index (χ4n) is 0.611.